The van der Waals surface area contributed by atoms with Crippen molar-refractivity contribution in [2.24, 2.45) is 17.8 Å². The van der Waals surface area contributed by atoms with Crippen molar-refractivity contribution in [1.82, 2.24) is 4.90 Å². The number of hydrogen-bond acceptors (Lipinski definition) is 6. The highest BCUT2D eigenvalue weighted by Gasteiger charge is 2.77. The van der Waals surface area contributed by atoms with Gasteiger partial charge in [0.1, 0.15) is 11.8 Å². The Balaban J connectivity index is 1.53. The van der Waals surface area contributed by atoms with Crippen molar-refractivity contribution >= 4 is 40.9 Å². The van der Waals surface area contributed by atoms with Gasteiger partial charge in [-0.05, 0) is 68.5 Å². The second kappa shape index (κ2) is 10.5. The number of hydrogen-bond donors (Lipinski definition) is 3. The maximum atomic E-state index is 14.3. The minimum Gasteiger partial charge on any atom is -0.497 e. The number of benzene rings is 2. The first kappa shape index (κ1) is 27.5. The van der Waals surface area contributed by atoms with Crippen LogP contribution in [-0.2, 0) is 14.4 Å². The summed E-state index contributed by atoms with van der Waals surface area (Å²) in [6.07, 6.45) is 1.93. The van der Waals surface area contributed by atoms with Crippen LogP contribution in [0.4, 0.5) is 11.4 Å². The van der Waals surface area contributed by atoms with E-state index < -0.39 is 33.4 Å². The molecule has 39 heavy (non-hydrogen) atoms. The second-order valence-electron chi connectivity index (χ2n) is 11.5. The summed E-state index contributed by atoms with van der Waals surface area (Å²) in [5.41, 5.74) is 1.27. The van der Waals surface area contributed by atoms with Crippen LogP contribution >= 0.6 is 11.8 Å². The Morgan fingerprint density at radius 2 is 1.69 bits per heavy atom. The Labute approximate surface area is 233 Å². The Kier molecular flexibility index (Phi) is 7.41. The lowest BCUT2D eigenvalue weighted by Crippen LogP contribution is -2.55. The van der Waals surface area contributed by atoms with Gasteiger partial charge >= 0.3 is 0 Å². The molecule has 3 aliphatic heterocycles. The molecule has 2 bridgehead atoms. The number of anilines is 2. The van der Waals surface area contributed by atoms with Gasteiger partial charge in [0.15, 0.2) is 0 Å². The lowest BCUT2D eigenvalue weighted by atomic mass is 9.66. The molecule has 0 radical (unpaired) electrons. The van der Waals surface area contributed by atoms with Crippen molar-refractivity contribution in [3.05, 3.63) is 54.6 Å². The van der Waals surface area contributed by atoms with Gasteiger partial charge in [0.2, 0.25) is 17.7 Å². The van der Waals surface area contributed by atoms with Crippen molar-refractivity contribution in [2.45, 2.75) is 61.6 Å². The number of methoxy groups -OCH3 is 1. The van der Waals surface area contributed by atoms with Gasteiger partial charge in [-0.2, -0.15) is 0 Å². The summed E-state index contributed by atoms with van der Waals surface area (Å²) in [5.74, 6) is -1.07. The van der Waals surface area contributed by atoms with E-state index in [9.17, 15) is 19.5 Å². The van der Waals surface area contributed by atoms with Gasteiger partial charge < -0.3 is 25.4 Å². The van der Waals surface area contributed by atoms with Crippen molar-refractivity contribution in [3.63, 3.8) is 0 Å². The van der Waals surface area contributed by atoms with Crippen LogP contribution in [-0.4, -0.2) is 63.0 Å². The smallest absolute Gasteiger partial charge is 0.248 e. The van der Waals surface area contributed by atoms with Crippen LogP contribution in [0.3, 0.4) is 0 Å². The highest BCUT2D eigenvalue weighted by Crippen LogP contribution is 2.71. The molecule has 8 nitrogen and oxygen atoms in total. The Hall–Kier alpha value is -3.04. The number of carbonyl (C=O) groups is 3. The standard InChI is InChI=1S/C30H37N3O5S/c1-18(2)16-21(17-34)33-25(27(36)32-20-10-12-22(38-4)13-11-20)30-15-14-29(3,39-30)23(24(30)28(33)37)26(35)31-19-8-6-5-7-9-19/h5-13,18,21,23-25,34H,14-17H2,1-4H3,(H,31,35)(H,32,36)/t21-,23-,24+,25?,29+,30?/m1/s1. The molecule has 2 aromatic rings. The van der Waals surface area contributed by atoms with E-state index >= 15 is 0 Å². The molecule has 0 aliphatic carbocycles. The highest BCUT2D eigenvalue weighted by molar-refractivity contribution is 8.02. The molecule has 3 saturated heterocycles. The summed E-state index contributed by atoms with van der Waals surface area (Å²) < 4.78 is 4.00. The molecule has 3 N–H and O–H groups in total. The van der Waals surface area contributed by atoms with E-state index in [2.05, 4.69) is 10.6 Å². The number of nitrogens with zero attached hydrogens (tertiary/aromatic N) is 1. The first-order valence-electron chi connectivity index (χ1n) is 13.6. The van der Waals surface area contributed by atoms with E-state index in [0.717, 1.165) is 6.42 Å². The number of likely N-dealkylation sites (tertiary alicyclic amines) is 1. The number of amides is 3. The molecule has 3 aliphatic rings. The summed E-state index contributed by atoms with van der Waals surface area (Å²) in [7, 11) is 1.58. The molecular weight excluding hydrogens is 514 g/mol. The fourth-order valence-electron chi connectivity index (χ4n) is 6.90. The minimum atomic E-state index is -0.811. The SMILES string of the molecule is COc1ccc(NC(=O)C2N([C@@H](CO)CC(C)C)C(=O)[C@@H]3[C@H](C(=O)Nc4ccccc4)[C@]4(C)CCC23S4)cc1. The van der Waals surface area contributed by atoms with E-state index in [0.29, 0.717) is 30.0 Å². The van der Waals surface area contributed by atoms with Crippen molar-refractivity contribution in [2.75, 3.05) is 24.4 Å². The summed E-state index contributed by atoms with van der Waals surface area (Å²) in [6.45, 7) is 5.87. The lowest BCUT2D eigenvalue weighted by molar-refractivity contribution is -0.142. The molecule has 2 unspecified atom stereocenters. The number of aliphatic hydroxyl groups excluding tert-OH is 1. The van der Waals surface area contributed by atoms with Crippen molar-refractivity contribution < 1.29 is 24.2 Å². The van der Waals surface area contributed by atoms with Gasteiger partial charge in [-0.1, -0.05) is 32.0 Å². The van der Waals surface area contributed by atoms with E-state index in [1.54, 1.807) is 48.0 Å². The predicted octanol–water partition coefficient (Wildman–Crippen LogP) is 4.16. The van der Waals surface area contributed by atoms with Gasteiger partial charge in [-0.25, -0.2) is 0 Å². The number of fused-ring (bicyclic) bond motifs is 1. The van der Waals surface area contributed by atoms with Crippen LogP contribution in [0.5, 0.6) is 5.75 Å². The van der Waals surface area contributed by atoms with Crippen LogP contribution < -0.4 is 15.4 Å². The number of ether oxygens (including phenoxy) is 1. The topological polar surface area (TPSA) is 108 Å². The molecule has 1 spiro atoms. The number of aliphatic hydroxyl groups is 1. The average molecular weight is 552 g/mol. The average Bonchev–Trinajstić information content (AvgIpc) is 3.48. The molecule has 0 aromatic heterocycles. The zero-order chi connectivity index (χ0) is 27.9. The van der Waals surface area contributed by atoms with Crippen molar-refractivity contribution in [1.29, 1.82) is 0 Å². The molecule has 3 heterocycles. The molecule has 3 fully saturated rings. The molecule has 5 rings (SSSR count). The fraction of sp³-hybridized carbons (Fsp3) is 0.500. The summed E-state index contributed by atoms with van der Waals surface area (Å²) in [4.78, 5) is 43.8. The van der Waals surface area contributed by atoms with E-state index in [4.69, 9.17) is 4.74 Å². The third-order valence-corrected chi connectivity index (χ3v) is 10.5. The molecule has 3 amide bonds. The first-order chi connectivity index (χ1) is 18.6. The quantitative estimate of drug-likeness (QED) is 0.432. The van der Waals surface area contributed by atoms with Gasteiger partial charge in [0, 0.05) is 16.1 Å². The molecule has 2 aromatic carbocycles. The molecule has 0 saturated carbocycles. The van der Waals surface area contributed by atoms with E-state index in [1.165, 1.54) is 0 Å². The Morgan fingerprint density at radius 1 is 1.05 bits per heavy atom. The summed E-state index contributed by atoms with van der Waals surface area (Å²) in [5, 5.41) is 16.5. The maximum absolute atomic E-state index is 14.3. The Bertz CT molecular complexity index is 1240. The first-order valence-corrected chi connectivity index (χ1v) is 14.4. The molecule has 6 atom stereocenters. The fourth-order valence-corrected chi connectivity index (χ4v) is 9.25. The number of thioether (sulfide) groups is 1. The van der Waals surface area contributed by atoms with Crippen LogP contribution in [0.25, 0.3) is 0 Å². The number of carbonyl (C=O) groups excluding carboxylic acids is 3. The molecule has 208 valence electrons. The number of nitrogens with one attached hydrogen (secondary N) is 2. The maximum Gasteiger partial charge on any atom is 0.248 e. The summed E-state index contributed by atoms with van der Waals surface area (Å²) >= 11 is 1.62. The number of para-hydroxylation sites is 1. The Morgan fingerprint density at radius 3 is 2.31 bits per heavy atom. The molecule has 9 heteroatoms. The van der Waals surface area contributed by atoms with E-state index in [-0.39, 0.29) is 30.2 Å². The predicted molar refractivity (Wildman–Crippen MR) is 153 cm³/mol. The summed E-state index contributed by atoms with van der Waals surface area (Å²) in [6, 6.07) is 15.0. The second-order valence-corrected chi connectivity index (χ2v) is 13.4. The zero-order valence-electron chi connectivity index (χ0n) is 22.8. The van der Waals surface area contributed by atoms with Crippen LogP contribution in [0.1, 0.15) is 40.0 Å². The minimum absolute atomic E-state index is 0.198. The monoisotopic (exact) mass is 551 g/mol. The highest BCUT2D eigenvalue weighted by atomic mass is 32.2. The van der Waals surface area contributed by atoms with E-state index in [1.807, 2.05) is 51.1 Å². The van der Waals surface area contributed by atoms with Gasteiger partial charge in [-0.3, -0.25) is 14.4 Å². The largest absolute Gasteiger partial charge is 0.497 e. The third kappa shape index (κ3) is 4.69. The normalized spacial score (nSPS) is 29.8. The van der Waals surface area contributed by atoms with Gasteiger partial charge in [0.25, 0.3) is 0 Å². The van der Waals surface area contributed by atoms with Gasteiger partial charge in [0.05, 0.1) is 36.3 Å². The van der Waals surface area contributed by atoms with Gasteiger partial charge in [-0.15, -0.1) is 11.8 Å². The van der Waals surface area contributed by atoms with Crippen LogP contribution in [0.2, 0.25) is 0 Å². The third-order valence-electron chi connectivity index (χ3n) is 8.49. The zero-order valence-corrected chi connectivity index (χ0v) is 23.7. The van der Waals surface area contributed by atoms with Crippen LogP contribution in [0, 0.1) is 17.8 Å². The van der Waals surface area contributed by atoms with Crippen molar-refractivity contribution in [3.8, 4) is 5.75 Å². The molecular formula is C30H37N3O5S. The lowest BCUT2D eigenvalue weighted by Gasteiger charge is -2.37. The van der Waals surface area contributed by atoms with Crippen LogP contribution in [0.15, 0.2) is 54.6 Å². The number of rotatable bonds is 9.